The van der Waals surface area contributed by atoms with E-state index in [1.165, 1.54) is 5.56 Å². The second kappa shape index (κ2) is 6.27. The zero-order valence-corrected chi connectivity index (χ0v) is 36.7. The molecule has 0 atom stereocenters. The van der Waals surface area contributed by atoms with E-state index in [-0.39, 0.29) is 11.3 Å². The summed E-state index contributed by atoms with van der Waals surface area (Å²) >= 11 is 0. The first-order valence-corrected chi connectivity index (χ1v) is 26.4. The second-order valence-corrected chi connectivity index (χ2v) is 25.6. The Morgan fingerprint density at radius 3 is 0.761 bits per heavy atom. The molecule has 29 aromatic rings. The molecule has 33 rings (SSSR count). The van der Waals surface area contributed by atoms with Crippen LogP contribution in [0.5, 0.6) is 5.75 Å². The van der Waals surface area contributed by atoms with Gasteiger partial charge in [-0.2, -0.15) is 0 Å². The number of ether oxygens (including phenoxy) is 1. The van der Waals surface area contributed by atoms with Crippen LogP contribution in [-0.4, -0.2) is 7.11 Å². The molecule has 0 aliphatic heterocycles. The highest BCUT2D eigenvalue weighted by atomic mass is 16.5. The summed E-state index contributed by atoms with van der Waals surface area (Å²) in [6, 6.07) is 8.82. The quantitative estimate of drug-likeness (QED) is 0.160. The predicted molar refractivity (Wildman–Crippen MR) is 302 cm³/mol. The Labute approximate surface area is 388 Å². The van der Waals surface area contributed by atoms with Crippen molar-refractivity contribution in [2.45, 2.75) is 17.8 Å². The van der Waals surface area contributed by atoms with Gasteiger partial charge in [-0.3, -0.25) is 0 Å². The summed E-state index contributed by atoms with van der Waals surface area (Å²) in [7, 11) is 1.78. The van der Waals surface area contributed by atoms with Crippen molar-refractivity contribution in [1.29, 1.82) is 0 Å². The molecule has 0 saturated heterocycles. The fourth-order valence-corrected chi connectivity index (χ4v) is 24.8. The van der Waals surface area contributed by atoms with E-state index in [1.807, 2.05) is 0 Å². The molecule has 0 saturated carbocycles. The summed E-state index contributed by atoms with van der Waals surface area (Å²) in [5.74, 6) is 1.19. The Hall–Kier alpha value is -8.78. The summed E-state index contributed by atoms with van der Waals surface area (Å²) in [5, 5.41) is 90.0. The van der Waals surface area contributed by atoms with Gasteiger partial charge >= 0.3 is 0 Å². The maximum Gasteiger partial charge on any atom is 0.118 e. The molecular weight excluding hydrogens is 857 g/mol. The fraction of sp³-hybridized carbons (Fsp3) is 0.0571. The zero-order chi connectivity index (χ0) is 42.4. The van der Waals surface area contributed by atoms with E-state index in [9.17, 15) is 0 Å². The summed E-state index contributed by atoms with van der Waals surface area (Å²) < 4.78 is 5.68. The SMILES string of the molecule is COc1ccc(/C=C/CC23c4c5c6c7c8c9c(c%10c%11c2c2c4c4c%12c5c5c6c6c8c8c%13c9c9c%10c%10c%11c%11c2c2c4c4c%12c%12c5c5c6c8c6c8c%13c9c9c%10c%10c%11c2c2c4c4c%12c5c6c5c8c9c%10c2c45)C73)cc1. The van der Waals surface area contributed by atoms with Crippen LogP contribution in [0.1, 0.15) is 40.2 Å². The van der Waals surface area contributed by atoms with Crippen molar-refractivity contribution >= 4 is 297 Å². The largest absolute Gasteiger partial charge is 0.497 e. The molecule has 4 aliphatic carbocycles. The highest BCUT2D eigenvalue weighted by molar-refractivity contribution is 6.82. The maximum atomic E-state index is 5.68. The van der Waals surface area contributed by atoms with Gasteiger partial charge in [0.15, 0.2) is 0 Å². The highest BCUT2D eigenvalue weighted by Gasteiger charge is 2.62. The molecule has 0 amide bonds. The molecule has 4 aliphatic rings. The number of rotatable bonds is 4. The van der Waals surface area contributed by atoms with Crippen molar-refractivity contribution in [2.24, 2.45) is 0 Å². The van der Waals surface area contributed by atoms with E-state index in [0.29, 0.717) is 0 Å². The number of hydrogen-bond acceptors (Lipinski definition) is 1. The van der Waals surface area contributed by atoms with E-state index in [2.05, 4.69) is 36.4 Å². The first-order chi connectivity index (χ1) is 35.4. The van der Waals surface area contributed by atoms with Gasteiger partial charge in [0.2, 0.25) is 0 Å². The second-order valence-electron chi connectivity index (χ2n) is 25.6. The molecule has 0 unspecified atom stereocenters. The van der Waals surface area contributed by atoms with Crippen LogP contribution in [0.3, 0.4) is 0 Å². The Bertz CT molecular complexity index is 7160. The summed E-state index contributed by atoms with van der Waals surface area (Å²) in [6.07, 6.45) is 6.14. The lowest BCUT2D eigenvalue weighted by Crippen LogP contribution is -2.36. The van der Waals surface area contributed by atoms with E-state index in [0.717, 1.165) is 12.2 Å². The number of methoxy groups -OCH3 is 1. The summed E-state index contributed by atoms with van der Waals surface area (Å²) in [4.78, 5) is 0. The molecule has 0 spiro atoms. The van der Waals surface area contributed by atoms with Gasteiger partial charge in [0.1, 0.15) is 5.75 Å². The van der Waals surface area contributed by atoms with Crippen molar-refractivity contribution in [3.63, 3.8) is 0 Å². The maximum absolute atomic E-state index is 5.68. The van der Waals surface area contributed by atoms with Gasteiger partial charge in [-0.15, -0.1) is 0 Å². The molecule has 0 aromatic heterocycles. The fourth-order valence-electron chi connectivity index (χ4n) is 24.8. The van der Waals surface area contributed by atoms with Gasteiger partial charge in [0.05, 0.1) is 7.11 Å². The van der Waals surface area contributed by atoms with Crippen LogP contribution in [0.4, 0.5) is 0 Å². The molecule has 29 aromatic carbocycles. The topological polar surface area (TPSA) is 9.23 Å². The minimum Gasteiger partial charge on any atom is -0.497 e. The van der Waals surface area contributed by atoms with Gasteiger partial charge in [0.25, 0.3) is 0 Å². The summed E-state index contributed by atoms with van der Waals surface area (Å²) in [6.45, 7) is 0. The molecular formula is C70H12O. The Morgan fingerprint density at radius 2 is 0.507 bits per heavy atom. The van der Waals surface area contributed by atoms with Crippen LogP contribution in [0.2, 0.25) is 0 Å². The minimum atomic E-state index is -0.228. The van der Waals surface area contributed by atoms with Crippen LogP contribution in [0.15, 0.2) is 30.3 Å². The molecule has 1 nitrogen and oxygen atoms in total. The molecule has 298 valence electrons. The van der Waals surface area contributed by atoms with E-state index in [1.54, 1.807) is 320 Å². The normalized spacial score (nSPS) is 20.7. The Balaban J connectivity index is 1.10. The first-order valence-electron chi connectivity index (χ1n) is 26.4. The minimum absolute atomic E-state index is 0.228. The average Bonchev–Trinajstić information content (AvgIpc) is 4.42. The van der Waals surface area contributed by atoms with Crippen molar-refractivity contribution in [1.82, 2.24) is 0 Å². The number of hydrogen-bond donors (Lipinski definition) is 0. The monoisotopic (exact) mass is 868 g/mol. The zero-order valence-electron chi connectivity index (χ0n) is 36.7. The molecule has 0 N–H and O–H groups in total. The van der Waals surface area contributed by atoms with Crippen molar-refractivity contribution in [3.8, 4) is 5.75 Å². The average molecular weight is 869 g/mol. The molecule has 71 heavy (non-hydrogen) atoms. The molecule has 1 heteroatoms. The van der Waals surface area contributed by atoms with Gasteiger partial charge in [-0.05, 0) is 337 Å². The van der Waals surface area contributed by atoms with Crippen LogP contribution in [0, 0.1) is 0 Å². The van der Waals surface area contributed by atoms with Gasteiger partial charge in [-0.1, -0.05) is 24.3 Å². The molecule has 0 heterocycles. The third kappa shape index (κ3) is 1.52. The Morgan fingerprint density at radius 1 is 0.296 bits per heavy atom. The van der Waals surface area contributed by atoms with Crippen molar-refractivity contribution < 1.29 is 4.74 Å². The van der Waals surface area contributed by atoms with Crippen LogP contribution < -0.4 is 4.74 Å². The smallest absolute Gasteiger partial charge is 0.118 e. The first kappa shape index (κ1) is 26.8. The van der Waals surface area contributed by atoms with Crippen molar-refractivity contribution in [2.75, 3.05) is 7.11 Å². The molecule has 0 radical (unpaired) electrons. The summed E-state index contributed by atoms with van der Waals surface area (Å²) in [5.41, 5.74) is 8.02. The van der Waals surface area contributed by atoms with Gasteiger partial charge in [-0.25, -0.2) is 0 Å². The lowest BCUT2D eigenvalue weighted by molar-refractivity contribution is 0.415. The van der Waals surface area contributed by atoms with Gasteiger partial charge in [0, 0.05) is 11.3 Å². The third-order valence-corrected chi connectivity index (χ3v) is 25.2. The Kier molecular flexibility index (Phi) is 2.37. The standard InChI is InChI=1S/C70H12O/c1-71-10-6-4-9(5-7-10)3-2-8-70-67-63-57-43-35-27-15-12-11-13-16(15)28-30-26-20(13)22-18-14(11)17-21-19(12)25-29(27)41(43)49-47-33(25)31(21)39-37-23(17)24(18)38-40-32(22)34(26)48-50-42(30)44(36(28)35)58(57)64(67)60(50)62-54(48)52(40)56-46(38)45(37)55-51(39)53(47)61(59(49)63)68(70)65(55)66(56)69(62)70/h2-7,67H,8H2,1H3/b3-2+. The lowest BCUT2D eigenvalue weighted by Gasteiger charge is -2.45. The van der Waals surface area contributed by atoms with Crippen LogP contribution >= 0.6 is 0 Å². The van der Waals surface area contributed by atoms with Crippen LogP contribution in [-0.2, 0) is 5.41 Å². The lowest BCUT2D eigenvalue weighted by atomic mass is 9.56. The van der Waals surface area contributed by atoms with Gasteiger partial charge < -0.3 is 4.74 Å². The highest BCUT2D eigenvalue weighted by Crippen LogP contribution is 2.84. The van der Waals surface area contributed by atoms with E-state index >= 15 is 0 Å². The van der Waals surface area contributed by atoms with Crippen molar-refractivity contribution in [3.05, 3.63) is 58.2 Å². The van der Waals surface area contributed by atoms with Crippen LogP contribution in [0.25, 0.3) is 297 Å². The third-order valence-electron chi connectivity index (χ3n) is 25.2. The molecule has 0 bridgehead atoms. The number of benzene rings is 19. The number of allylic oxidation sites excluding steroid dienone is 1. The molecule has 0 fully saturated rings. The van der Waals surface area contributed by atoms with E-state index in [4.69, 9.17) is 4.74 Å². The van der Waals surface area contributed by atoms with E-state index < -0.39 is 0 Å². The predicted octanol–water partition coefficient (Wildman–Crippen LogP) is 19.3.